The van der Waals surface area contributed by atoms with Gasteiger partial charge in [0.1, 0.15) is 5.78 Å². The maximum atomic E-state index is 11.7. The highest BCUT2D eigenvalue weighted by molar-refractivity contribution is 8.14. The summed E-state index contributed by atoms with van der Waals surface area (Å²) in [5.74, 6) is -0.224. The third-order valence-corrected chi connectivity index (χ3v) is 3.35. The third-order valence-electron chi connectivity index (χ3n) is 2.37. The van der Waals surface area contributed by atoms with Crippen LogP contribution in [0.4, 0.5) is 0 Å². The molecule has 1 atom stereocenters. The van der Waals surface area contributed by atoms with E-state index in [1.165, 1.54) is 11.8 Å². The van der Waals surface area contributed by atoms with Crippen LogP contribution in [0, 0.1) is 0 Å². The molecule has 0 fully saturated rings. The Morgan fingerprint density at radius 3 is 2.32 bits per heavy atom. The molecule has 3 nitrogen and oxygen atoms in total. The topological polar surface area (TPSA) is 54.4 Å². The van der Waals surface area contributed by atoms with E-state index in [0.29, 0.717) is 5.56 Å². The van der Waals surface area contributed by atoms with Gasteiger partial charge in [-0.05, 0) is 5.56 Å². The molecule has 0 aromatic heterocycles. The number of aliphatic hydroxyl groups excluding tert-OH is 1. The van der Waals surface area contributed by atoms with Crippen molar-refractivity contribution in [1.29, 1.82) is 0 Å². The summed E-state index contributed by atoms with van der Waals surface area (Å²) < 4.78 is -0.185. The summed E-state index contributed by atoms with van der Waals surface area (Å²) in [6.07, 6.45) is -0.965. The molecule has 0 saturated carbocycles. The van der Waals surface area contributed by atoms with E-state index in [-0.39, 0.29) is 28.5 Å². The summed E-state index contributed by atoms with van der Waals surface area (Å²) in [5.41, 5.74) is 0.701. The number of benzene rings is 1. The second-order valence-corrected chi connectivity index (χ2v) is 7.32. The van der Waals surface area contributed by atoms with Gasteiger partial charge >= 0.3 is 0 Å². The number of thioether (sulfide) groups is 1. The van der Waals surface area contributed by atoms with Gasteiger partial charge in [0.25, 0.3) is 0 Å². The van der Waals surface area contributed by atoms with Crippen molar-refractivity contribution >= 4 is 22.7 Å². The maximum absolute atomic E-state index is 11.7. The lowest BCUT2D eigenvalue weighted by molar-refractivity contribution is -0.124. The van der Waals surface area contributed by atoms with Crippen LogP contribution in [0.5, 0.6) is 0 Å². The molecule has 0 heterocycles. The molecule has 0 radical (unpaired) electrons. The second kappa shape index (κ2) is 6.87. The van der Waals surface area contributed by atoms with Crippen molar-refractivity contribution in [3.05, 3.63) is 35.9 Å². The number of ketones is 1. The standard InChI is InChI=1S/C15H20O3S/c1-15(2,3)19-14(18)10-12(16)9-13(17)11-7-5-4-6-8-11/h4-8,13,17H,9-10H2,1-3H3. The first kappa shape index (κ1) is 15.9. The van der Waals surface area contributed by atoms with E-state index < -0.39 is 6.10 Å². The fraction of sp³-hybridized carbons (Fsp3) is 0.467. The van der Waals surface area contributed by atoms with Crippen LogP contribution in [0.25, 0.3) is 0 Å². The molecule has 1 aromatic carbocycles. The molecule has 4 heteroatoms. The molecule has 0 aliphatic carbocycles. The summed E-state index contributed by atoms with van der Waals surface area (Å²) >= 11 is 1.17. The molecule has 0 bridgehead atoms. The molecule has 0 aliphatic rings. The smallest absolute Gasteiger partial charge is 0.196 e. The second-order valence-electron chi connectivity index (χ2n) is 5.43. The Kier molecular flexibility index (Phi) is 5.76. The van der Waals surface area contributed by atoms with Crippen LogP contribution < -0.4 is 0 Å². The minimum Gasteiger partial charge on any atom is -0.388 e. The predicted octanol–water partition coefficient (Wildman–Crippen LogP) is 3.13. The highest BCUT2D eigenvalue weighted by Crippen LogP contribution is 2.26. The highest BCUT2D eigenvalue weighted by atomic mass is 32.2. The maximum Gasteiger partial charge on any atom is 0.196 e. The summed E-state index contributed by atoms with van der Waals surface area (Å²) in [6, 6.07) is 9.00. The summed E-state index contributed by atoms with van der Waals surface area (Å²) in [7, 11) is 0. The van der Waals surface area contributed by atoms with Crippen molar-refractivity contribution < 1.29 is 14.7 Å². The summed E-state index contributed by atoms with van der Waals surface area (Å²) in [6.45, 7) is 5.79. The highest BCUT2D eigenvalue weighted by Gasteiger charge is 2.20. The molecule has 1 aromatic rings. The Balaban J connectivity index is 2.46. The van der Waals surface area contributed by atoms with E-state index >= 15 is 0 Å². The zero-order valence-corrected chi connectivity index (χ0v) is 12.4. The van der Waals surface area contributed by atoms with Crippen molar-refractivity contribution in [1.82, 2.24) is 0 Å². The van der Waals surface area contributed by atoms with E-state index in [4.69, 9.17) is 0 Å². The molecule has 104 valence electrons. The number of aliphatic hydroxyl groups is 1. The fourth-order valence-corrected chi connectivity index (χ4v) is 2.54. The van der Waals surface area contributed by atoms with Gasteiger partial charge in [0.05, 0.1) is 12.5 Å². The number of carbonyl (C=O) groups excluding carboxylic acids is 2. The van der Waals surface area contributed by atoms with Crippen molar-refractivity contribution in [3.63, 3.8) is 0 Å². The van der Waals surface area contributed by atoms with Gasteiger partial charge in [-0.1, -0.05) is 62.9 Å². The van der Waals surface area contributed by atoms with Crippen LogP contribution in [0.3, 0.4) is 0 Å². The molecule has 1 rings (SSSR count). The van der Waals surface area contributed by atoms with E-state index in [0.717, 1.165) is 0 Å². The molecule has 1 N–H and O–H groups in total. The first-order valence-corrected chi connectivity index (χ1v) is 7.06. The minimum atomic E-state index is -0.832. The van der Waals surface area contributed by atoms with E-state index in [1.54, 1.807) is 12.1 Å². The van der Waals surface area contributed by atoms with Crippen LogP contribution in [0.15, 0.2) is 30.3 Å². The van der Waals surface area contributed by atoms with Crippen LogP contribution in [-0.4, -0.2) is 20.8 Å². The van der Waals surface area contributed by atoms with Crippen molar-refractivity contribution in [2.45, 2.75) is 44.5 Å². The largest absolute Gasteiger partial charge is 0.388 e. The first-order valence-electron chi connectivity index (χ1n) is 6.24. The zero-order chi connectivity index (χ0) is 14.5. The Bertz CT molecular complexity index is 434. The molecule has 0 amide bonds. The lowest BCUT2D eigenvalue weighted by Gasteiger charge is -2.16. The van der Waals surface area contributed by atoms with Gasteiger partial charge in [0.2, 0.25) is 0 Å². The Labute approximate surface area is 118 Å². The third kappa shape index (κ3) is 6.55. The monoisotopic (exact) mass is 280 g/mol. The van der Waals surface area contributed by atoms with Gasteiger partial charge in [0.15, 0.2) is 5.12 Å². The van der Waals surface area contributed by atoms with E-state index in [1.807, 2.05) is 39.0 Å². The molecular formula is C15H20O3S. The van der Waals surface area contributed by atoms with Crippen molar-refractivity contribution in [2.24, 2.45) is 0 Å². The van der Waals surface area contributed by atoms with Gasteiger partial charge in [-0.2, -0.15) is 0 Å². The van der Waals surface area contributed by atoms with Gasteiger partial charge in [0, 0.05) is 11.2 Å². The van der Waals surface area contributed by atoms with E-state index in [2.05, 4.69) is 0 Å². The number of rotatable bonds is 5. The normalized spacial score (nSPS) is 13.1. The molecule has 0 saturated heterocycles. The number of carbonyl (C=O) groups is 2. The average molecular weight is 280 g/mol. The Morgan fingerprint density at radius 1 is 1.21 bits per heavy atom. The quantitative estimate of drug-likeness (QED) is 0.842. The van der Waals surface area contributed by atoms with Gasteiger partial charge in [-0.3, -0.25) is 9.59 Å². The van der Waals surface area contributed by atoms with Crippen LogP contribution in [-0.2, 0) is 9.59 Å². The zero-order valence-electron chi connectivity index (χ0n) is 11.6. The Hall–Kier alpha value is -1.13. The first-order chi connectivity index (χ1) is 8.78. The lowest BCUT2D eigenvalue weighted by Crippen LogP contribution is -2.15. The predicted molar refractivity (Wildman–Crippen MR) is 78.0 cm³/mol. The SMILES string of the molecule is CC(C)(C)SC(=O)CC(=O)CC(O)c1ccccc1. The van der Waals surface area contributed by atoms with Crippen LogP contribution >= 0.6 is 11.8 Å². The van der Waals surface area contributed by atoms with Gasteiger partial charge in [-0.15, -0.1) is 0 Å². The van der Waals surface area contributed by atoms with Crippen LogP contribution in [0.1, 0.15) is 45.3 Å². The van der Waals surface area contributed by atoms with Gasteiger partial charge < -0.3 is 5.11 Å². The van der Waals surface area contributed by atoms with E-state index in [9.17, 15) is 14.7 Å². The molecule has 0 spiro atoms. The van der Waals surface area contributed by atoms with Crippen LogP contribution in [0.2, 0.25) is 0 Å². The number of Topliss-reactive ketones (excluding diaryl/α,β-unsaturated/α-hetero) is 1. The molecule has 19 heavy (non-hydrogen) atoms. The summed E-state index contributed by atoms with van der Waals surface area (Å²) in [5, 5.41) is 9.76. The minimum absolute atomic E-state index is 0.0134. The molecular weight excluding hydrogens is 260 g/mol. The van der Waals surface area contributed by atoms with Crippen molar-refractivity contribution in [2.75, 3.05) is 0 Å². The summed E-state index contributed by atoms with van der Waals surface area (Å²) in [4.78, 5) is 23.4. The van der Waals surface area contributed by atoms with Gasteiger partial charge in [-0.25, -0.2) is 0 Å². The lowest BCUT2D eigenvalue weighted by atomic mass is 10.0. The molecule has 1 unspecified atom stereocenters. The Morgan fingerprint density at radius 2 is 1.79 bits per heavy atom. The fourth-order valence-electron chi connectivity index (χ4n) is 1.62. The van der Waals surface area contributed by atoms with Crippen molar-refractivity contribution in [3.8, 4) is 0 Å². The average Bonchev–Trinajstić information content (AvgIpc) is 2.27. The number of hydrogen-bond acceptors (Lipinski definition) is 4. The number of hydrogen-bond donors (Lipinski definition) is 1. The molecule has 0 aliphatic heterocycles.